The number of anilines is 1. The molecule has 1 saturated carbocycles. The minimum atomic E-state index is -0.309. The van der Waals surface area contributed by atoms with Crippen molar-refractivity contribution in [3.8, 4) is 0 Å². The predicted molar refractivity (Wildman–Crippen MR) is 85.5 cm³/mol. The van der Waals surface area contributed by atoms with E-state index in [1.165, 1.54) is 6.07 Å². The van der Waals surface area contributed by atoms with Crippen LogP contribution in [0.2, 0.25) is 0 Å². The summed E-state index contributed by atoms with van der Waals surface area (Å²) >= 11 is 0. The highest BCUT2D eigenvalue weighted by atomic mass is 19.1. The van der Waals surface area contributed by atoms with Crippen LogP contribution in [0.15, 0.2) is 18.2 Å². The van der Waals surface area contributed by atoms with Gasteiger partial charge in [-0.25, -0.2) is 4.39 Å². The molecular formula is C17H24FN3O. The van der Waals surface area contributed by atoms with Crippen molar-refractivity contribution in [1.82, 2.24) is 5.32 Å². The summed E-state index contributed by atoms with van der Waals surface area (Å²) in [6, 6.07) is 4.93. The Balaban J connectivity index is 1.69. The van der Waals surface area contributed by atoms with Crippen LogP contribution in [0.25, 0.3) is 0 Å². The van der Waals surface area contributed by atoms with Crippen LogP contribution in [0, 0.1) is 11.7 Å². The molecule has 1 amide bonds. The highest BCUT2D eigenvalue weighted by molar-refractivity contribution is 5.94. The number of carbonyl (C=O) groups excluding carboxylic acids is 1. The molecule has 22 heavy (non-hydrogen) atoms. The first kappa shape index (κ1) is 15.3. The first-order valence-corrected chi connectivity index (χ1v) is 8.24. The van der Waals surface area contributed by atoms with E-state index in [0.29, 0.717) is 23.7 Å². The van der Waals surface area contributed by atoms with Crippen molar-refractivity contribution in [2.24, 2.45) is 11.7 Å². The third kappa shape index (κ3) is 3.09. The lowest BCUT2D eigenvalue weighted by Crippen LogP contribution is -2.39. The highest BCUT2D eigenvalue weighted by Crippen LogP contribution is 2.26. The molecule has 1 saturated heterocycles. The van der Waals surface area contributed by atoms with Gasteiger partial charge in [0.2, 0.25) is 0 Å². The van der Waals surface area contributed by atoms with E-state index in [9.17, 15) is 9.18 Å². The molecular weight excluding hydrogens is 281 g/mol. The lowest BCUT2D eigenvalue weighted by atomic mass is 10.0. The Labute approximate surface area is 130 Å². The van der Waals surface area contributed by atoms with Crippen LogP contribution >= 0.6 is 0 Å². The van der Waals surface area contributed by atoms with Gasteiger partial charge < -0.3 is 16.0 Å². The van der Waals surface area contributed by atoms with Gasteiger partial charge in [-0.15, -0.1) is 0 Å². The van der Waals surface area contributed by atoms with E-state index in [-0.39, 0.29) is 17.8 Å². The van der Waals surface area contributed by atoms with Crippen LogP contribution in [0.5, 0.6) is 0 Å². The van der Waals surface area contributed by atoms with Crippen LogP contribution in [-0.4, -0.2) is 31.6 Å². The zero-order chi connectivity index (χ0) is 15.5. The number of nitrogens with zero attached hydrogens (tertiary/aromatic N) is 1. The molecule has 3 rings (SSSR count). The molecule has 1 aromatic rings. The number of nitrogens with two attached hydrogens (primary N) is 1. The summed E-state index contributed by atoms with van der Waals surface area (Å²) in [4.78, 5) is 14.4. The van der Waals surface area contributed by atoms with E-state index < -0.39 is 0 Å². The van der Waals surface area contributed by atoms with Gasteiger partial charge >= 0.3 is 0 Å². The molecule has 0 unspecified atom stereocenters. The van der Waals surface area contributed by atoms with Gasteiger partial charge in [-0.1, -0.05) is 6.42 Å². The van der Waals surface area contributed by atoms with E-state index in [1.54, 1.807) is 12.1 Å². The SMILES string of the molecule is NC[C@H]1CCC[C@@H]1NC(=O)c1ccc(N2CCCC2)c(F)c1. The lowest BCUT2D eigenvalue weighted by molar-refractivity contribution is 0.0928. The number of nitrogens with one attached hydrogen (secondary N) is 1. The minimum absolute atomic E-state index is 0.124. The molecule has 5 heteroatoms. The van der Waals surface area contributed by atoms with Crippen LogP contribution in [0.4, 0.5) is 10.1 Å². The second-order valence-corrected chi connectivity index (χ2v) is 6.37. The largest absolute Gasteiger partial charge is 0.369 e. The first-order valence-electron chi connectivity index (χ1n) is 8.24. The zero-order valence-electron chi connectivity index (χ0n) is 12.9. The van der Waals surface area contributed by atoms with Crippen molar-refractivity contribution >= 4 is 11.6 Å². The number of hydrogen-bond donors (Lipinski definition) is 2. The van der Waals surface area contributed by atoms with E-state index in [0.717, 1.165) is 45.2 Å². The fraction of sp³-hybridized carbons (Fsp3) is 0.588. The summed E-state index contributed by atoms with van der Waals surface area (Å²) in [5.74, 6) is -0.161. The van der Waals surface area contributed by atoms with Gasteiger partial charge in [0.1, 0.15) is 5.82 Å². The lowest BCUT2D eigenvalue weighted by Gasteiger charge is -2.21. The second-order valence-electron chi connectivity index (χ2n) is 6.37. The summed E-state index contributed by atoms with van der Waals surface area (Å²) in [5, 5.41) is 3.01. The molecule has 2 aliphatic rings. The number of rotatable bonds is 4. The molecule has 2 atom stereocenters. The van der Waals surface area contributed by atoms with Gasteiger partial charge in [0, 0.05) is 24.7 Å². The smallest absolute Gasteiger partial charge is 0.251 e. The Bertz CT molecular complexity index is 543. The number of carbonyl (C=O) groups is 1. The van der Waals surface area contributed by atoms with Crippen molar-refractivity contribution in [3.05, 3.63) is 29.6 Å². The molecule has 0 radical (unpaired) electrons. The van der Waals surface area contributed by atoms with Crippen LogP contribution < -0.4 is 16.0 Å². The maximum Gasteiger partial charge on any atom is 0.251 e. The minimum Gasteiger partial charge on any atom is -0.369 e. The Morgan fingerprint density at radius 3 is 2.73 bits per heavy atom. The highest BCUT2D eigenvalue weighted by Gasteiger charge is 2.28. The van der Waals surface area contributed by atoms with Gasteiger partial charge in [-0.2, -0.15) is 0 Å². The third-order valence-corrected chi connectivity index (χ3v) is 4.93. The monoisotopic (exact) mass is 305 g/mol. The van der Waals surface area contributed by atoms with Crippen LogP contribution in [0.3, 0.4) is 0 Å². The maximum absolute atomic E-state index is 14.3. The molecule has 1 aromatic carbocycles. The third-order valence-electron chi connectivity index (χ3n) is 4.93. The van der Waals surface area contributed by atoms with E-state index in [1.807, 2.05) is 4.90 Å². The Kier molecular flexibility index (Phi) is 4.62. The fourth-order valence-electron chi connectivity index (χ4n) is 3.62. The van der Waals surface area contributed by atoms with Gasteiger partial charge in [0.25, 0.3) is 5.91 Å². The van der Waals surface area contributed by atoms with Gasteiger partial charge in [0.05, 0.1) is 5.69 Å². The molecule has 1 aliphatic heterocycles. The van der Waals surface area contributed by atoms with Crippen molar-refractivity contribution < 1.29 is 9.18 Å². The van der Waals surface area contributed by atoms with Gasteiger partial charge in [-0.3, -0.25) is 4.79 Å². The standard InChI is InChI=1S/C17H24FN3O/c18-14-10-12(6-7-16(14)21-8-1-2-9-21)17(22)20-15-5-3-4-13(15)11-19/h6-7,10,13,15H,1-5,8-9,11,19H2,(H,20,22)/t13-,15+/m1/s1. The van der Waals surface area contributed by atoms with E-state index >= 15 is 0 Å². The summed E-state index contributed by atoms with van der Waals surface area (Å²) in [6.07, 6.45) is 5.31. The molecule has 2 fully saturated rings. The summed E-state index contributed by atoms with van der Waals surface area (Å²) in [7, 11) is 0. The molecule has 4 nitrogen and oxygen atoms in total. The summed E-state index contributed by atoms with van der Waals surface area (Å²) in [6.45, 7) is 2.37. The zero-order valence-corrected chi connectivity index (χ0v) is 12.9. The number of benzene rings is 1. The molecule has 3 N–H and O–H groups in total. The molecule has 1 heterocycles. The van der Waals surface area contributed by atoms with E-state index in [4.69, 9.17) is 5.73 Å². The second kappa shape index (κ2) is 6.65. The fourth-order valence-corrected chi connectivity index (χ4v) is 3.62. The summed E-state index contributed by atoms with van der Waals surface area (Å²) in [5.41, 5.74) is 6.73. The molecule has 1 aliphatic carbocycles. The number of amides is 1. The molecule has 120 valence electrons. The normalized spacial score (nSPS) is 24.7. The van der Waals surface area contributed by atoms with Crippen molar-refractivity contribution in [1.29, 1.82) is 0 Å². The Hall–Kier alpha value is -1.62. The molecule has 0 bridgehead atoms. The first-order chi connectivity index (χ1) is 10.7. The molecule has 0 aromatic heterocycles. The molecule has 0 spiro atoms. The Morgan fingerprint density at radius 2 is 2.05 bits per heavy atom. The average molecular weight is 305 g/mol. The quantitative estimate of drug-likeness (QED) is 0.897. The predicted octanol–water partition coefficient (Wildman–Crippen LogP) is 2.28. The van der Waals surface area contributed by atoms with Crippen LogP contribution in [0.1, 0.15) is 42.5 Å². The van der Waals surface area contributed by atoms with Crippen LogP contribution in [-0.2, 0) is 0 Å². The van der Waals surface area contributed by atoms with Gasteiger partial charge in [-0.05, 0) is 56.3 Å². The van der Waals surface area contributed by atoms with E-state index in [2.05, 4.69) is 5.32 Å². The maximum atomic E-state index is 14.3. The van der Waals surface area contributed by atoms with Gasteiger partial charge in [0.15, 0.2) is 0 Å². The average Bonchev–Trinajstić information content (AvgIpc) is 3.18. The number of hydrogen-bond acceptors (Lipinski definition) is 3. The topological polar surface area (TPSA) is 58.4 Å². The van der Waals surface area contributed by atoms with Crippen molar-refractivity contribution in [2.75, 3.05) is 24.5 Å². The Morgan fingerprint density at radius 1 is 1.27 bits per heavy atom. The summed E-state index contributed by atoms with van der Waals surface area (Å²) < 4.78 is 14.3. The number of halogens is 1. The van der Waals surface area contributed by atoms with Crippen molar-refractivity contribution in [2.45, 2.75) is 38.1 Å². The van der Waals surface area contributed by atoms with Crippen molar-refractivity contribution in [3.63, 3.8) is 0 Å².